The molecule has 1 N–H and O–H groups in total. The maximum Gasteiger partial charge on any atom is 0.277 e. The van der Waals surface area contributed by atoms with Gasteiger partial charge in [0.05, 0.1) is 9.90 Å². The zero-order valence-corrected chi connectivity index (χ0v) is 17.0. The quantitative estimate of drug-likeness (QED) is 0.571. The number of amides is 1. The SMILES string of the molecule is O=C(c1cccs1)[C@@H]1C(c2ccc(Cl)cc2Cl)=NO[C@@]12C(=O)Nc1ccccc12. The van der Waals surface area contributed by atoms with Crippen LogP contribution in [0.4, 0.5) is 5.69 Å². The van der Waals surface area contributed by atoms with E-state index < -0.39 is 17.4 Å². The van der Waals surface area contributed by atoms with Crippen LogP contribution in [0.2, 0.25) is 10.0 Å². The Morgan fingerprint density at radius 1 is 1.14 bits per heavy atom. The summed E-state index contributed by atoms with van der Waals surface area (Å²) >= 11 is 13.7. The minimum Gasteiger partial charge on any atom is -0.373 e. The average Bonchev–Trinajstić information content (AvgIpc) is 3.42. The summed E-state index contributed by atoms with van der Waals surface area (Å²) in [5.41, 5.74) is 0.386. The minimum atomic E-state index is -1.59. The van der Waals surface area contributed by atoms with Crippen molar-refractivity contribution in [1.82, 2.24) is 0 Å². The van der Waals surface area contributed by atoms with Crippen LogP contribution in [0.25, 0.3) is 0 Å². The molecule has 0 fully saturated rings. The standard InChI is InChI=1S/C21H12Cl2N2O3S/c22-11-7-8-12(14(23)10-11)18-17(19(26)16-6-3-9-29-16)21(28-25-18)13-4-1-2-5-15(13)24-20(21)27/h1-10,17H,(H,24,27)/t17-,21+/m0/s1. The highest BCUT2D eigenvalue weighted by molar-refractivity contribution is 7.12. The Bertz CT molecular complexity index is 1190. The second-order valence-electron chi connectivity index (χ2n) is 6.70. The minimum absolute atomic E-state index is 0.255. The number of hydrogen-bond acceptors (Lipinski definition) is 5. The van der Waals surface area contributed by atoms with Crippen LogP contribution in [0, 0.1) is 5.92 Å². The van der Waals surface area contributed by atoms with Crippen LogP contribution in [0.5, 0.6) is 0 Å². The van der Waals surface area contributed by atoms with Crippen LogP contribution in [0.1, 0.15) is 20.8 Å². The summed E-state index contributed by atoms with van der Waals surface area (Å²) in [6.07, 6.45) is 0. The Morgan fingerprint density at radius 2 is 1.97 bits per heavy atom. The van der Waals surface area contributed by atoms with Gasteiger partial charge in [0.2, 0.25) is 0 Å². The smallest absolute Gasteiger partial charge is 0.277 e. The van der Waals surface area contributed by atoms with E-state index in [1.165, 1.54) is 11.3 Å². The Labute approximate surface area is 179 Å². The van der Waals surface area contributed by atoms with Crippen LogP contribution in [0.3, 0.4) is 0 Å². The monoisotopic (exact) mass is 442 g/mol. The van der Waals surface area contributed by atoms with Crippen molar-refractivity contribution in [2.24, 2.45) is 11.1 Å². The topological polar surface area (TPSA) is 67.8 Å². The third kappa shape index (κ3) is 2.64. The van der Waals surface area contributed by atoms with Gasteiger partial charge < -0.3 is 10.2 Å². The number of benzene rings is 2. The highest BCUT2D eigenvalue weighted by Crippen LogP contribution is 2.50. The van der Waals surface area contributed by atoms with E-state index in [1.807, 2.05) is 5.38 Å². The van der Waals surface area contributed by atoms with Gasteiger partial charge in [-0.2, -0.15) is 0 Å². The van der Waals surface area contributed by atoms with E-state index in [2.05, 4.69) is 10.5 Å². The molecule has 5 nitrogen and oxygen atoms in total. The zero-order valence-electron chi connectivity index (χ0n) is 14.7. The third-order valence-electron chi connectivity index (χ3n) is 5.11. The van der Waals surface area contributed by atoms with E-state index in [0.717, 1.165) is 0 Å². The Kier molecular flexibility index (Phi) is 4.24. The van der Waals surface area contributed by atoms with Crippen molar-refractivity contribution in [3.63, 3.8) is 0 Å². The van der Waals surface area contributed by atoms with Gasteiger partial charge in [-0.15, -0.1) is 11.3 Å². The summed E-state index contributed by atoms with van der Waals surface area (Å²) in [6.45, 7) is 0. The number of para-hydroxylation sites is 1. The molecule has 29 heavy (non-hydrogen) atoms. The van der Waals surface area contributed by atoms with Crippen LogP contribution in [0.15, 0.2) is 65.1 Å². The number of rotatable bonds is 3. The Morgan fingerprint density at radius 3 is 2.72 bits per heavy atom. The number of oxime groups is 1. The number of carbonyl (C=O) groups is 2. The molecule has 2 aliphatic heterocycles. The average molecular weight is 443 g/mol. The molecule has 1 amide bonds. The molecule has 0 aliphatic carbocycles. The fourth-order valence-electron chi connectivity index (χ4n) is 3.82. The second kappa shape index (κ2) is 6.69. The molecule has 1 aromatic heterocycles. The largest absolute Gasteiger partial charge is 0.373 e. The van der Waals surface area contributed by atoms with Gasteiger partial charge in [-0.3, -0.25) is 9.59 Å². The molecule has 0 saturated heterocycles. The fourth-order valence-corrected chi connectivity index (χ4v) is 5.02. The van der Waals surface area contributed by atoms with Crippen molar-refractivity contribution in [1.29, 1.82) is 0 Å². The number of Topliss-reactive ketones (excluding diaryl/α,β-unsaturated/α-hetero) is 1. The molecule has 1 spiro atoms. The number of ketones is 1. The molecule has 3 aromatic rings. The normalized spacial score (nSPS) is 22.2. The fraction of sp³-hybridized carbons (Fsp3) is 0.0952. The lowest BCUT2D eigenvalue weighted by Gasteiger charge is -2.26. The first-order valence-corrected chi connectivity index (χ1v) is 10.4. The number of nitrogens with zero attached hydrogens (tertiary/aromatic N) is 1. The summed E-state index contributed by atoms with van der Waals surface area (Å²) in [7, 11) is 0. The van der Waals surface area contributed by atoms with E-state index in [4.69, 9.17) is 28.0 Å². The maximum atomic E-state index is 13.6. The number of halogens is 2. The van der Waals surface area contributed by atoms with Crippen molar-refractivity contribution in [3.05, 3.63) is 86.0 Å². The van der Waals surface area contributed by atoms with Gasteiger partial charge in [0.15, 0.2) is 5.78 Å². The molecule has 5 rings (SSSR count). The predicted octanol–water partition coefficient (Wildman–Crippen LogP) is 5.14. The van der Waals surface area contributed by atoms with Crippen LogP contribution in [-0.4, -0.2) is 17.4 Å². The van der Waals surface area contributed by atoms with Crippen molar-refractivity contribution in [3.8, 4) is 0 Å². The van der Waals surface area contributed by atoms with E-state index >= 15 is 0 Å². The van der Waals surface area contributed by atoms with Crippen molar-refractivity contribution < 1.29 is 14.4 Å². The lowest BCUT2D eigenvalue weighted by Crippen LogP contribution is -2.46. The molecule has 2 aliphatic rings. The van der Waals surface area contributed by atoms with E-state index in [0.29, 0.717) is 37.4 Å². The Hall–Kier alpha value is -2.67. The first-order valence-electron chi connectivity index (χ1n) is 8.72. The molecule has 0 bridgehead atoms. The van der Waals surface area contributed by atoms with Gasteiger partial charge in [0.1, 0.15) is 11.6 Å². The number of anilines is 1. The lowest BCUT2D eigenvalue weighted by atomic mass is 9.75. The number of carbonyl (C=O) groups excluding carboxylic acids is 2. The zero-order chi connectivity index (χ0) is 20.2. The highest BCUT2D eigenvalue weighted by atomic mass is 35.5. The van der Waals surface area contributed by atoms with E-state index in [1.54, 1.807) is 54.6 Å². The summed E-state index contributed by atoms with van der Waals surface area (Å²) in [5.74, 6) is -1.69. The molecule has 144 valence electrons. The molecule has 0 radical (unpaired) electrons. The highest BCUT2D eigenvalue weighted by Gasteiger charge is 2.63. The number of hydrogen-bond donors (Lipinski definition) is 1. The number of fused-ring (bicyclic) bond motifs is 2. The molecule has 0 unspecified atom stereocenters. The van der Waals surface area contributed by atoms with Gasteiger partial charge in [0.25, 0.3) is 11.5 Å². The van der Waals surface area contributed by atoms with Crippen molar-refractivity contribution in [2.45, 2.75) is 5.60 Å². The van der Waals surface area contributed by atoms with Gasteiger partial charge >= 0.3 is 0 Å². The van der Waals surface area contributed by atoms with Gasteiger partial charge in [-0.1, -0.05) is 58.7 Å². The van der Waals surface area contributed by atoms with Crippen LogP contribution < -0.4 is 5.32 Å². The second-order valence-corrected chi connectivity index (χ2v) is 8.49. The summed E-state index contributed by atoms with van der Waals surface area (Å²) in [4.78, 5) is 33.0. The van der Waals surface area contributed by atoms with Crippen molar-refractivity contribution in [2.75, 3.05) is 5.32 Å². The lowest BCUT2D eigenvalue weighted by molar-refractivity contribution is -0.140. The summed E-state index contributed by atoms with van der Waals surface area (Å²) < 4.78 is 0. The number of thiophene rings is 1. The molecule has 0 saturated carbocycles. The molecule has 2 atom stereocenters. The molecular formula is C21H12Cl2N2O3S. The van der Waals surface area contributed by atoms with E-state index in [-0.39, 0.29) is 5.78 Å². The maximum absolute atomic E-state index is 13.6. The van der Waals surface area contributed by atoms with Crippen LogP contribution in [-0.2, 0) is 15.2 Å². The molecule has 8 heteroatoms. The van der Waals surface area contributed by atoms with Crippen LogP contribution >= 0.6 is 34.5 Å². The van der Waals surface area contributed by atoms with Crippen molar-refractivity contribution >= 4 is 57.6 Å². The predicted molar refractivity (Wildman–Crippen MR) is 113 cm³/mol. The van der Waals surface area contributed by atoms with E-state index in [9.17, 15) is 9.59 Å². The molecule has 2 aromatic carbocycles. The number of nitrogens with one attached hydrogen (secondary N) is 1. The van der Waals surface area contributed by atoms with Gasteiger partial charge in [-0.25, -0.2) is 0 Å². The Balaban J connectivity index is 1.72. The molecular weight excluding hydrogens is 431 g/mol. The summed E-state index contributed by atoms with van der Waals surface area (Å²) in [5, 5.41) is 9.61. The summed E-state index contributed by atoms with van der Waals surface area (Å²) in [6, 6.07) is 15.6. The first kappa shape index (κ1) is 18.4. The van der Waals surface area contributed by atoms with Gasteiger partial charge in [0, 0.05) is 21.8 Å². The van der Waals surface area contributed by atoms with Gasteiger partial charge in [-0.05, 0) is 29.6 Å². The third-order valence-corrected chi connectivity index (χ3v) is 6.55. The molecule has 3 heterocycles. The first-order chi connectivity index (χ1) is 14.0.